The molecule has 128 valence electrons. The van der Waals surface area contributed by atoms with Crippen molar-refractivity contribution in [3.63, 3.8) is 0 Å². The molecule has 1 N–H and O–H groups in total. The van der Waals surface area contributed by atoms with E-state index >= 15 is 0 Å². The second-order valence-electron chi connectivity index (χ2n) is 7.60. The standard InChI is InChI=1S/C17H28N4O2/c1-17(2,3)21-11-13(10-18-21)19-16(22)15-12-23-9-8-20(15)14-6-4-5-7-14/h10-11,14-15H,4-9,12H2,1-3H3,(H,19,22)/t15-/m1/s1. The predicted octanol–water partition coefficient (Wildman–Crippen LogP) is 2.22. The van der Waals surface area contributed by atoms with Crippen molar-refractivity contribution in [2.24, 2.45) is 0 Å². The molecule has 1 saturated carbocycles. The molecule has 1 atom stereocenters. The van der Waals surface area contributed by atoms with Gasteiger partial charge in [-0.3, -0.25) is 14.4 Å². The Morgan fingerprint density at radius 3 is 2.74 bits per heavy atom. The molecule has 1 aliphatic heterocycles. The van der Waals surface area contributed by atoms with E-state index in [2.05, 4.69) is 36.1 Å². The quantitative estimate of drug-likeness (QED) is 0.928. The summed E-state index contributed by atoms with van der Waals surface area (Å²) in [6.45, 7) is 8.31. The summed E-state index contributed by atoms with van der Waals surface area (Å²) in [6.07, 6.45) is 8.55. The van der Waals surface area contributed by atoms with Gasteiger partial charge in [0.2, 0.25) is 5.91 Å². The fraction of sp³-hybridized carbons (Fsp3) is 0.765. The van der Waals surface area contributed by atoms with Gasteiger partial charge in [0.15, 0.2) is 0 Å². The van der Waals surface area contributed by atoms with Gasteiger partial charge in [-0.1, -0.05) is 12.8 Å². The molecule has 1 saturated heterocycles. The normalized spacial score (nSPS) is 24.0. The SMILES string of the molecule is CC(C)(C)n1cc(NC(=O)[C@H]2COCCN2C2CCCC2)cn1. The molecule has 1 aromatic rings. The van der Waals surface area contributed by atoms with Gasteiger partial charge >= 0.3 is 0 Å². The van der Waals surface area contributed by atoms with Gasteiger partial charge in [0.25, 0.3) is 0 Å². The lowest BCUT2D eigenvalue weighted by Gasteiger charge is -2.38. The predicted molar refractivity (Wildman–Crippen MR) is 89.4 cm³/mol. The van der Waals surface area contributed by atoms with Gasteiger partial charge in [-0.25, -0.2) is 0 Å². The van der Waals surface area contributed by atoms with E-state index in [-0.39, 0.29) is 17.5 Å². The Labute approximate surface area is 138 Å². The minimum absolute atomic E-state index is 0.0186. The van der Waals surface area contributed by atoms with Crippen molar-refractivity contribution in [3.8, 4) is 0 Å². The average Bonchev–Trinajstić information content (AvgIpc) is 3.18. The maximum absolute atomic E-state index is 12.7. The topological polar surface area (TPSA) is 59.4 Å². The van der Waals surface area contributed by atoms with Crippen LogP contribution >= 0.6 is 0 Å². The summed E-state index contributed by atoms with van der Waals surface area (Å²) in [5, 5.41) is 7.35. The van der Waals surface area contributed by atoms with Crippen LogP contribution in [0, 0.1) is 0 Å². The molecule has 0 unspecified atom stereocenters. The minimum Gasteiger partial charge on any atom is -0.378 e. The van der Waals surface area contributed by atoms with Gasteiger partial charge < -0.3 is 10.1 Å². The van der Waals surface area contributed by atoms with Crippen LogP contribution in [0.1, 0.15) is 46.5 Å². The van der Waals surface area contributed by atoms with Crippen molar-refractivity contribution in [1.82, 2.24) is 14.7 Å². The Balaban J connectivity index is 1.67. The molecule has 2 heterocycles. The van der Waals surface area contributed by atoms with E-state index in [0.717, 1.165) is 18.8 Å². The van der Waals surface area contributed by atoms with Crippen LogP contribution in [-0.2, 0) is 15.1 Å². The van der Waals surface area contributed by atoms with Crippen LogP contribution in [0.15, 0.2) is 12.4 Å². The molecule has 0 radical (unpaired) electrons. The fourth-order valence-corrected chi connectivity index (χ4v) is 3.50. The Bertz CT molecular complexity index is 543. The lowest BCUT2D eigenvalue weighted by Crippen LogP contribution is -2.55. The third-order valence-corrected chi connectivity index (χ3v) is 4.80. The van der Waals surface area contributed by atoms with Gasteiger partial charge in [-0.15, -0.1) is 0 Å². The second-order valence-corrected chi connectivity index (χ2v) is 7.60. The number of carbonyl (C=O) groups is 1. The number of hydrogen-bond donors (Lipinski definition) is 1. The summed E-state index contributed by atoms with van der Waals surface area (Å²) in [5.41, 5.74) is 0.661. The summed E-state index contributed by atoms with van der Waals surface area (Å²) in [5.74, 6) is 0.0186. The molecule has 0 spiro atoms. The average molecular weight is 320 g/mol. The number of anilines is 1. The fourth-order valence-electron chi connectivity index (χ4n) is 3.50. The number of nitrogens with one attached hydrogen (secondary N) is 1. The molecule has 23 heavy (non-hydrogen) atoms. The summed E-state index contributed by atoms with van der Waals surface area (Å²) in [4.78, 5) is 15.1. The van der Waals surface area contributed by atoms with E-state index in [1.165, 1.54) is 25.7 Å². The number of aromatic nitrogens is 2. The van der Waals surface area contributed by atoms with Gasteiger partial charge in [0, 0.05) is 18.8 Å². The van der Waals surface area contributed by atoms with Crippen molar-refractivity contribution >= 4 is 11.6 Å². The van der Waals surface area contributed by atoms with Crippen LogP contribution in [0.3, 0.4) is 0 Å². The first kappa shape index (κ1) is 16.5. The molecule has 2 aliphatic rings. The zero-order valence-electron chi connectivity index (χ0n) is 14.4. The van der Waals surface area contributed by atoms with Crippen molar-refractivity contribution in [2.75, 3.05) is 25.1 Å². The summed E-state index contributed by atoms with van der Waals surface area (Å²) < 4.78 is 7.44. The van der Waals surface area contributed by atoms with Crippen LogP contribution in [0.4, 0.5) is 5.69 Å². The number of hydrogen-bond acceptors (Lipinski definition) is 4. The monoisotopic (exact) mass is 320 g/mol. The van der Waals surface area contributed by atoms with E-state index in [0.29, 0.717) is 12.6 Å². The van der Waals surface area contributed by atoms with Crippen LogP contribution < -0.4 is 5.32 Å². The Kier molecular flexibility index (Phi) is 4.73. The molecule has 6 nitrogen and oxygen atoms in total. The van der Waals surface area contributed by atoms with E-state index in [9.17, 15) is 4.79 Å². The molecule has 1 aromatic heterocycles. The van der Waals surface area contributed by atoms with E-state index in [1.807, 2.05) is 10.9 Å². The molecule has 6 heteroatoms. The Morgan fingerprint density at radius 1 is 1.35 bits per heavy atom. The van der Waals surface area contributed by atoms with Crippen LogP contribution in [0.5, 0.6) is 0 Å². The van der Waals surface area contributed by atoms with Gasteiger partial charge in [-0.2, -0.15) is 5.10 Å². The third kappa shape index (κ3) is 3.75. The smallest absolute Gasteiger partial charge is 0.244 e. The first-order valence-corrected chi connectivity index (χ1v) is 8.64. The number of amides is 1. The molecule has 1 aliphatic carbocycles. The first-order chi connectivity index (χ1) is 10.9. The van der Waals surface area contributed by atoms with Gasteiger partial charge in [0.1, 0.15) is 6.04 Å². The van der Waals surface area contributed by atoms with Crippen molar-refractivity contribution in [2.45, 2.75) is 64.1 Å². The highest BCUT2D eigenvalue weighted by molar-refractivity contribution is 5.94. The van der Waals surface area contributed by atoms with Crippen molar-refractivity contribution < 1.29 is 9.53 Å². The summed E-state index contributed by atoms with van der Waals surface area (Å²) >= 11 is 0. The largest absolute Gasteiger partial charge is 0.378 e. The summed E-state index contributed by atoms with van der Waals surface area (Å²) in [7, 11) is 0. The van der Waals surface area contributed by atoms with E-state index in [1.54, 1.807) is 6.20 Å². The van der Waals surface area contributed by atoms with Crippen LogP contribution in [0.2, 0.25) is 0 Å². The second kappa shape index (κ2) is 6.61. The molecular formula is C17H28N4O2. The zero-order valence-corrected chi connectivity index (χ0v) is 14.4. The van der Waals surface area contributed by atoms with E-state index < -0.39 is 0 Å². The number of ether oxygens (including phenoxy) is 1. The summed E-state index contributed by atoms with van der Waals surface area (Å²) in [6, 6.07) is 0.344. The number of nitrogens with zero attached hydrogens (tertiary/aromatic N) is 3. The van der Waals surface area contributed by atoms with Gasteiger partial charge in [-0.05, 0) is 33.6 Å². The van der Waals surface area contributed by atoms with Crippen LogP contribution in [0.25, 0.3) is 0 Å². The van der Waals surface area contributed by atoms with Crippen molar-refractivity contribution in [1.29, 1.82) is 0 Å². The maximum Gasteiger partial charge on any atom is 0.244 e. The lowest BCUT2D eigenvalue weighted by atomic mass is 10.1. The third-order valence-electron chi connectivity index (χ3n) is 4.80. The number of rotatable bonds is 3. The number of morpholine rings is 1. The molecule has 0 bridgehead atoms. The highest BCUT2D eigenvalue weighted by atomic mass is 16.5. The highest BCUT2D eigenvalue weighted by Gasteiger charge is 2.35. The van der Waals surface area contributed by atoms with Crippen LogP contribution in [-0.4, -0.2) is 52.4 Å². The molecular weight excluding hydrogens is 292 g/mol. The Morgan fingerprint density at radius 2 is 2.09 bits per heavy atom. The molecule has 3 rings (SSSR count). The highest BCUT2D eigenvalue weighted by Crippen LogP contribution is 2.27. The Hall–Kier alpha value is -1.40. The van der Waals surface area contributed by atoms with E-state index in [4.69, 9.17) is 4.74 Å². The lowest BCUT2D eigenvalue weighted by molar-refractivity contribution is -0.129. The van der Waals surface area contributed by atoms with Crippen molar-refractivity contribution in [3.05, 3.63) is 12.4 Å². The molecule has 1 amide bonds. The first-order valence-electron chi connectivity index (χ1n) is 8.64. The van der Waals surface area contributed by atoms with Gasteiger partial charge in [0.05, 0.1) is 30.6 Å². The maximum atomic E-state index is 12.7. The molecule has 2 fully saturated rings. The zero-order chi connectivity index (χ0) is 16.4. The number of carbonyl (C=O) groups excluding carboxylic acids is 1. The molecule has 0 aromatic carbocycles. The minimum atomic E-state index is -0.190.